The summed E-state index contributed by atoms with van der Waals surface area (Å²) in [6, 6.07) is 15.4. The zero-order valence-electron chi connectivity index (χ0n) is 13.8. The third-order valence-electron chi connectivity index (χ3n) is 3.62. The molecule has 0 aliphatic carbocycles. The van der Waals surface area contributed by atoms with E-state index in [9.17, 15) is 14.4 Å². The minimum atomic E-state index is -0.611. The molecule has 0 bridgehead atoms. The summed E-state index contributed by atoms with van der Waals surface area (Å²) in [6.45, 7) is -0.416. The Morgan fingerprint density at radius 1 is 0.923 bits per heavy atom. The topological polar surface area (TPSA) is 87.5 Å². The van der Waals surface area contributed by atoms with Gasteiger partial charge >= 0.3 is 11.9 Å². The van der Waals surface area contributed by atoms with Crippen LogP contribution in [0, 0.1) is 0 Å². The molecule has 1 aromatic heterocycles. The molecule has 3 rings (SSSR count). The van der Waals surface area contributed by atoms with Gasteiger partial charge in [-0.2, -0.15) is 0 Å². The van der Waals surface area contributed by atoms with Crippen LogP contribution in [0.2, 0.25) is 0 Å². The van der Waals surface area contributed by atoms with Crippen molar-refractivity contribution in [2.24, 2.45) is 0 Å². The van der Waals surface area contributed by atoms with Gasteiger partial charge in [0.05, 0.1) is 22.8 Å². The fraction of sp³-hybridized carbons (Fsp3) is 0.158. The summed E-state index contributed by atoms with van der Waals surface area (Å²) < 4.78 is 11.2. The van der Waals surface area contributed by atoms with E-state index in [0.717, 1.165) is 0 Å². The van der Waals surface area contributed by atoms with Crippen LogP contribution >= 0.6 is 0 Å². The number of para-hydroxylation sites is 1. The minimum absolute atomic E-state index is 0.0651. The lowest BCUT2D eigenvalue weighted by molar-refractivity contribution is -0.145. The number of hydrogen-bond donors (Lipinski definition) is 0. The normalized spacial score (nSPS) is 10.5. The second kappa shape index (κ2) is 8.06. The molecule has 132 valence electrons. The average Bonchev–Trinajstić information content (AvgIpc) is 2.68. The number of nitrogens with zero attached hydrogens (tertiary/aromatic N) is 2. The maximum Gasteiger partial charge on any atom is 0.338 e. The van der Waals surface area contributed by atoms with Gasteiger partial charge in [0, 0.05) is 0 Å². The summed E-state index contributed by atoms with van der Waals surface area (Å²) in [5.41, 5.74) is 0.672. The average molecular weight is 352 g/mol. The molecule has 0 unspecified atom stereocenters. The largest absolute Gasteiger partial charge is 0.461 e. The van der Waals surface area contributed by atoms with E-state index in [1.54, 1.807) is 54.6 Å². The van der Waals surface area contributed by atoms with E-state index in [-0.39, 0.29) is 25.3 Å². The van der Waals surface area contributed by atoms with E-state index in [1.165, 1.54) is 10.9 Å². The Labute approximate surface area is 148 Å². The molecule has 1 heterocycles. The predicted molar refractivity (Wildman–Crippen MR) is 93.7 cm³/mol. The Hall–Kier alpha value is -3.48. The summed E-state index contributed by atoms with van der Waals surface area (Å²) in [7, 11) is 0. The molecule has 0 amide bonds. The van der Waals surface area contributed by atoms with Gasteiger partial charge in [-0.25, -0.2) is 9.78 Å². The molecule has 7 heteroatoms. The number of ether oxygens (including phenoxy) is 2. The summed E-state index contributed by atoms with van der Waals surface area (Å²) in [6.07, 6.45) is 1.31. The van der Waals surface area contributed by atoms with Crippen LogP contribution < -0.4 is 5.56 Å². The van der Waals surface area contributed by atoms with Gasteiger partial charge in [0.15, 0.2) is 0 Å². The van der Waals surface area contributed by atoms with Crippen LogP contribution in [0.3, 0.4) is 0 Å². The van der Waals surface area contributed by atoms with Gasteiger partial charge in [-0.05, 0) is 24.3 Å². The third-order valence-corrected chi connectivity index (χ3v) is 3.62. The van der Waals surface area contributed by atoms with Crippen LogP contribution in [-0.4, -0.2) is 34.7 Å². The summed E-state index contributed by atoms with van der Waals surface area (Å²) in [5.74, 6) is -1.10. The van der Waals surface area contributed by atoms with Crippen molar-refractivity contribution < 1.29 is 19.1 Å². The fourth-order valence-electron chi connectivity index (χ4n) is 2.35. The Bertz CT molecular complexity index is 982. The van der Waals surface area contributed by atoms with Crippen molar-refractivity contribution in [1.82, 2.24) is 9.55 Å². The van der Waals surface area contributed by atoms with Crippen molar-refractivity contribution in [2.75, 3.05) is 13.2 Å². The van der Waals surface area contributed by atoms with E-state index in [4.69, 9.17) is 9.47 Å². The van der Waals surface area contributed by atoms with Crippen molar-refractivity contribution in [3.63, 3.8) is 0 Å². The van der Waals surface area contributed by atoms with Gasteiger partial charge in [0.2, 0.25) is 0 Å². The number of rotatable bonds is 6. The van der Waals surface area contributed by atoms with Crippen LogP contribution in [-0.2, 0) is 20.8 Å². The Morgan fingerprint density at radius 2 is 1.62 bits per heavy atom. The van der Waals surface area contributed by atoms with E-state index < -0.39 is 11.9 Å². The lowest BCUT2D eigenvalue weighted by atomic mass is 10.2. The Morgan fingerprint density at radius 3 is 2.42 bits per heavy atom. The maximum atomic E-state index is 12.3. The molecule has 0 aliphatic heterocycles. The van der Waals surface area contributed by atoms with Crippen LogP contribution in [0.1, 0.15) is 10.4 Å². The first-order chi connectivity index (χ1) is 12.6. The van der Waals surface area contributed by atoms with Gasteiger partial charge in [0.25, 0.3) is 5.56 Å². The standard InChI is InChI=1S/C19H16N2O5/c22-17(25-10-11-26-19(24)14-6-2-1-3-7-14)12-21-13-20-16-9-5-4-8-15(16)18(21)23/h1-9,13H,10-12H2. The SMILES string of the molecule is O=C(Cn1cnc2ccccc2c1=O)OCCOC(=O)c1ccccc1. The number of esters is 2. The van der Waals surface area contributed by atoms with Crippen molar-refractivity contribution in [3.8, 4) is 0 Å². The van der Waals surface area contributed by atoms with Crippen molar-refractivity contribution in [1.29, 1.82) is 0 Å². The van der Waals surface area contributed by atoms with Crippen molar-refractivity contribution >= 4 is 22.8 Å². The summed E-state index contributed by atoms with van der Waals surface area (Å²) in [5, 5.41) is 0.430. The molecule has 0 saturated heterocycles. The Kier molecular flexibility index (Phi) is 5.38. The van der Waals surface area contributed by atoms with Gasteiger partial charge < -0.3 is 9.47 Å². The lowest BCUT2D eigenvalue weighted by Crippen LogP contribution is -2.26. The summed E-state index contributed by atoms with van der Waals surface area (Å²) >= 11 is 0. The molecule has 26 heavy (non-hydrogen) atoms. The molecule has 0 atom stereocenters. The first-order valence-electron chi connectivity index (χ1n) is 7.97. The highest BCUT2D eigenvalue weighted by atomic mass is 16.6. The van der Waals surface area contributed by atoms with Gasteiger partial charge in [0.1, 0.15) is 19.8 Å². The molecule has 2 aromatic carbocycles. The van der Waals surface area contributed by atoms with Crippen molar-refractivity contribution in [2.45, 2.75) is 6.54 Å². The third kappa shape index (κ3) is 4.13. The highest BCUT2D eigenvalue weighted by molar-refractivity contribution is 5.89. The van der Waals surface area contributed by atoms with Gasteiger partial charge in [-0.1, -0.05) is 30.3 Å². The molecule has 0 spiro atoms. The molecule has 7 nitrogen and oxygen atoms in total. The van der Waals surface area contributed by atoms with E-state index in [2.05, 4.69) is 4.98 Å². The molecule has 0 radical (unpaired) electrons. The molecule has 0 fully saturated rings. The first-order valence-corrected chi connectivity index (χ1v) is 7.97. The van der Waals surface area contributed by atoms with Crippen LogP contribution in [0.4, 0.5) is 0 Å². The summed E-state index contributed by atoms with van der Waals surface area (Å²) in [4.78, 5) is 40.0. The second-order valence-electron chi connectivity index (χ2n) is 5.42. The molecular formula is C19H16N2O5. The molecule has 0 saturated carbocycles. The molecule has 3 aromatic rings. The smallest absolute Gasteiger partial charge is 0.338 e. The number of carbonyl (C=O) groups is 2. The number of hydrogen-bond acceptors (Lipinski definition) is 6. The zero-order valence-corrected chi connectivity index (χ0v) is 13.8. The van der Waals surface area contributed by atoms with E-state index in [0.29, 0.717) is 16.5 Å². The van der Waals surface area contributed by atoms with E-state index in [1.807, 2.05) is 0 Å². The lowest BCUT2D eigenvalue weighted by Gasteiger charge is -2.08. The molecular weight excluding hydrogens is 336 g/mol. The van der Waals surface area contributed by atoms with Crippen LogP contribution in [0.5, 0.6) is 0 Å². The fourth-order valence-corrected chi connectivity index (χ4v) is 2.35. The highest BCUT2D eigenvalue weighted by Gasteiger charge is 2.10. The number of benzene rings is 2. The zero-order chi connectivity index (χ0) is 18.4. The van der Waals surface area contributed by atoms with Gasteiger partial charge in [-0.15, -0.1) is 0 Å². The minimum Gasteiger partial charge on any atom is -0.461 e. The monoisotopic (exact) mass is 352 g/mol. The number of fused-ring (bicyclic) bond motifs is 1. The van der Waals surface area contributed by atoms with Crippen molar-refractivity contribution in [3.05, 3.63) is 76.8 Å². The molecule has 0 aliphatic rings. The highest BCUT2D eigenvalue weighted by Crippen LogP contribution is 2.04. The maximum absolute atomic E-state index is 12.3. The quantitative estimate of drug-likeness (QED) is 0.496. The predicted octanol–water partition coefficient (Wildman–Crippen LogP) is 1.80. The molecule has 0 N–H and O–H groups in total. The van der Waals surface area contributed by atoms with E-state index >= 15 is 0 Å². The van der Waals surface area contributed by atoms with Crippen LogP contribution in [0.15, 0.2) is 65.7 Å². The van der Waals surface area contributed by atoms with Crippen LogP contribution in [0.25, 0.3) is 10.9 Å². The second-order valence-corrected chi connectivity index (χ2v) is 5.42. The Balaban J connectivity index is 1.50. The van der Waals surface area contributed by atoms with Gasteiger partial charge in [-0.3, -0.25) is 14.2 Å². The first kappa shape index (κ1) is 17.3. The number of aromatic nitrogens is 2. The number of carbonyl (C=O) groups excluding carboxylic acids is 2.